The number of rotatable bonds is 0. The molecule has 18 heavy (non-hydrogen) atoms. The predicted molar refractivity (Wildman–Crippen MR) is 66.6 cm³/mol. The van der Waals surface area contributed by atoms with Crippen LogP contribution in [0.15, 0.2) is 48.5 Å². The summed E-state index contributed by atoms with van der Waals surface area (Å²) in [5.41, 5.74) is 4.02. The summed E-state index contributed by atoms with van der Waals surface area (Å²) < 4.78 is 0. The van der Waals surface area contributed by atoms with Crippen molar-refractivity contribution in [2.24, 2.45) is 0 Å². The molecule has 0 atom stereocenters. The van der Waals surface area contributed by atoms with Gasteiger partial charge in [0.25, 0.3) is 0 Å². The van der Waals surface area contributed by atoms with Crippen molar-refractivity contribution in [2.75, 3.05) is 0 Å². The SMILES string of the molecule is O=C1C(=O)C2c3ccccc3C1c1ccccc12. The normalized spacial score (nSPS) is 23.8. The topological polar surface area (TPSA) is 34.1 Å². The second kappa shape index (κ2) is 3.16. The van der Waals surface area contributed by atoms with E-state index in [9.17, 15) is 9.59 Å². The van der Waals surface area contributed by atoms with E-state index in [-0.39, 0.29) is 23.4 Å². The van der Waals surface area contributed by atoms with E-state index in [1.54, 1.807) is 0 Å². The first kappa shape index (κ1) is 9.77. The number of hydrogen-bond acceptors (Lipinski definition) is 2. The molecule has 0 saturated carbocycles. The van der Waals surface area contributed by atoms with Gasteiger partial charge in [0.1, 0.15) is 0 Å². The summed E-state index contributed by atoms with van der Waals surface area (Å²) in [5.74, 6) is -1.26. The van der Waals surface area contributed by atoms with Crippen LogP contribution < -0.4 is 0 Å². The first-order valence-corrected chi connectivity index (χ1v) is 6.04. The fraction of sp³-hybridized carbons (Fsp3) is 0.125. The molecule has 0 saturated heterocycles. The zero-order valence-electron chi connectivity index (χ0n) is 9.59. The van der Waals surface area contributed by atoms with E-state index in [2.05, 4.69) is 0 Å². The zero-order chi connectivity index (χ0) is 12.3. The van der Waals surface area contributed by atoms with Gasteiger partial charge in [-0.2, -0.15) is 0 Å². The Kier molecular flexibility index (Phi) is 1.72. The number of carbonyl (C=O) groups is 2. The Balaban J connectivity index is 2.12. The van der Waals surface area contributed by atoms with Gasteiger partial charge in [-0.3, -0.25) is 9.59 Å². The van der Waals surface area contributed by atoms with Gasteiger partial charge in [-0.05, 0) is 22.3 Å². The van der Waals surface area contributed by atoms with Gasteiger partial charge in [-0.25, -0.2) is 0 Å². The predicted octanol–water partition coefficient (Wildman–Crippen LogP) is 2.42. The number of hydrogen-bond donors (Lipinski definition) is 0. The Morgan fingerprint density at radius 2 is 0.833 bits per heavy atom. The summed E-state index contributed by atoms with van der Waals surface area (Å²) in [6, 6.07) is 15.6. The Morgan fingerprint density at radius 3 is 1.11 bits per heavy atom. The van der Waals surface area contributed by atoms with Crippen molar-refractivity contribution in [3.63, 3.8) is 0 Å². The molecule has 0 aromatic heterocycles. The molecule has 2 heteroatoms. The third kappa shape index (κ3) is 0.986. The number of carbonyl (C=O) groups excluding carboxylic acids is 2. The maximum atomic E-state index is 12.2. The van der Waals surface area contributed by atoms with Gasteiger partial charge in [-0.15, -0.1) is 0 Å². The molecule has 0 unspecified atom stereocenters. The van der Waals surface area contributed by atoms with Crippen LogP contribution in [0.4, 0.5) is 0 Å². The summed E-state index contributed by atoms with van der Waals surface area (Å²) in [7, 11) is 0. The van der Waals surface area contributed by atoms with Gasteiger partial charge in [0, 0.05) is 0 Å². The summed E-state index contributed by atoms with van der Waals surface area (Å²) in [4.78, 5) is 24.3. The van der Waals surface area contributed by atoms with Crippen LogP contribution in [0.25, 0.3) is 0 Å². The van der Waals surface area contributed by atoms with E-state index in [4.69, 9.17) is 0 Å². The Bertz CT molecular complexity index is 592. The Hall–Kier alpha value is -2.22. The number of fused-ring (bicyclic) bond motifs is 1. The molecule has 2 nitrogen and oxygen atoms in total. The van der Waals surface area contributed by atoms with E-state index in [0.717, 1.165) is 22.3 Å². The maximum absolute atomic E-state index is 12.2. The molecule has 0 fully saturated rings. The van der Waals surface area contributed by atoms with Crippen LogP contribution in [0.2, 0.25) is 0 Å². The molecule has 3 aliphatic carbocycles. The molecule has 0 amide bonds. The molecular weight excluding hydrogens is 224 g/mol. The van der Waals surface area contributed by atoms with Crippen molar-refractivity contribution >= 4 is 11.6 Å². The monoisotopic (exact) mass is 234 g/mol. The van der Waals surface area contributed by atoms with E-state index in [1.807, 2.05) is 48.5 Å². The maximum Gasteiger partial charge on any atom is 0.211 e. The number of ketones is 2. The summed E-state index contributed by atoms with van der Waals surface area (Å²) in [5, 5.41) is 0. The fourth-order valence-corrected chi connectivity index (χ4v) is 3.26. The first-order valence-electron chi connectivity index (χ1n) is 6.04. The molecule has 0 heterocycles. The Morgan fingerprint density at radius 1 is 0.556 bits per heavy atom. The molecule has 0 aliphatic heterocycles. The van der Waals surface area contributed by atoms with Crippen LogP contribution in [-0.4, -0.2) is 11.6 Å². The van der Waals surface area contributed by atoms with Gasteiger partial charge >= 0.3 is 0 Å². The van der Waals surface area contributed by atoms with E-state index in [0.29, 0.717) is 0 Å². The molecular formula is C16H10O2. The molecule has 3 aliphatic rings. The van der Waals surface area contributed by atoms with Crippen LogP contribution >= 0.6 is 0 Å². The second-order valence-electron chi connectivity index (χ2n) is 4.85. The van der Waals surface area contributed by atoms with Gasteiger partial charge in [-0.1, -0.05) is 48.5 Å². The lowest BCUT2D eigenvalue weighted by molar-refractivity contribution is -0.138. The van der Waals surface area contributed by atoms with Crippen LogP contribution in [0.1, 0.15) is 34.1 Å². The van der Waals surface area contributed by atoms with Crippen LogP contribution in [0.3, 0.4) is 0 Å². The minimum atomic E-state index is -0.380. The highest BCUT2D eigenvalue weighted by Crippen LogP contribution is 2.48. The molecule has 0 radical (unpaired) electrons. The lowest BCUT2D eigenvalue weighted by atomic mass is 9.62. The molecule has 0 N–H and O–H groups in total. The third-order valence-electron chi connectivity index (χ3n) is 4.00. The summed E-state index contributed by atoms with van der Waals surface area (Å²) in [6.07, 6.45) is 0. The minimum Gasteiger partial charge on any atom is -0.290 e. The highest BCUT2D eigenvalue weighted by Gasteiger charge is 2.48. The molecule has 0 spiro atoms. The number of Topliss-reactive ketones (excluding diaryl/α,β-unsaturated/α-hetero) is 2. The van der Waals surface area contributed by atoms with Crippen molar-refractivity contribution in [1.29, 1.82) is 0 Å². The van der Waals surface area contributed by atoms with Gasteiger partial charge in [0.15, 0.2) is 0 Å². The van der Waals surface area contributed by atoms with Gasteiger partial charge < -0.3 is 0 Å². The number of benzene rings is 2. The van der Waals surface area contributed by atoms with Gasteiger partial charge in [0.05, 0.1) is 11.8 Å². The van der Waals surface area contributed by atoms with Crippen molar-refractivity contribution in [3.8, 4) is 0 Å². The van der Waals surface area contributed by atoms with Crippen molar-refractivity contribution in [2.45, 2.75) is 11.8 Å². The van der Waals surface area contributed by atoms with Crippen molar-refractivity contribution in [3.05, 3.63) is 70.8 Å². The van der Waals surface area contributed by atoms with E-state index >= 15 is 0 Å². The molecule has 2 aromatic rings. The largest absolute Gasteiger partial charge is 0.290 e. The lowest BCUT2D eigenvalue weighted by Gasteiger charge is -2.37. The summed E-state index contributed by atoms with van der Waals surface area (Å²) >= 11 is 0. The highest BCUT2D eigenvalue weighted by atomic mass is 16.2. The molecule has 2 aromatic carbocycles. The zero-order valence-corrected chi connectivity index (χ0v) is 9.59. The molecule has 2 bridgehead atoms. The van der Waals surface area contributed by atoms with Gasteiger partial charge in [0.2, 0.25) is 11.6 Å². The van der Waals surface area contributed by atoms with Crippen molar-refractivity contribution in [1.82, 2.24) is 0 Å². The van der Waals surface area contributed by atoms with Crippen LogP contribution in [0, 0.1) is 0 Å². The quantitative estimate of drug-likeness (QED) is 0.656. The molecule has 86 valence electrons. The standard InChI is InChI=1S/C16H10O2/c17-15-13-9-5-1-2-6-10(9)14(16(15)18)12-8-4-3-7-11(12)13/h1-8,13-14H. The lowest BCUT2D eigenvalue weighted by Crippen LogP contribution is -2.40. The average molecular weight is 234 g/mol. The van der Waals surface area contributed by atoms with Crippen molar-refractivity contribution < 1.29 is 9.59 Å². The average Bonchev–Trinajstić information content (AvgIpc) is 2.42. The first-order chi connectivity index (χ1) is 8.79. The van der Waals surface area contributed by atoms with Crippen LogP contribution in [-0.2, 0) is 9.59 Å². The smallest absolute Gasteiger partial charge is 0.211 e. The highest BCUT2D eigenvalue weighted by molar-refractivity contribution is 6.45. The van der Waals surface area contributed by atoms with E-state index in [1.165, 1.54) is 0 Å². The van der Waals surface area contributed by atoms with E-state index < -0.39 is 0 Å². The minimum absolute atomic E-state index is 0.252. The second-order valence-corrected chi connectivity index (χ2v) is 4.85. The Labute approximate surface area is 104 Å². The molecule has 5 rings (SSSR count). The summed E-state index contributed by atoms with van der Waals surface area (Å²) in [6.45, 7) is 0. The van der Waals surface area contributed by atoms with Crippen LogP contribution in [0.5, 0.6) is 0 Å². The third-order valence-corrected chi connectivity index (χ3v) is 4.00. The fourth-order valence-electron chi connectivity index (χ4n) is 3.26.